The summed E-state index contributed by atoms with van der Waals surface area (Å²) in [6.07, 6.45) is 3.58. The second-order valence-electron chi connectivity index (χ2n) is 9.27. The number of nitrogens with zero attached hydrogens (tertiary/aromatic N) is 5. The number of fused-ring (bicyclic) bond motifs is 2. The summed E-state index contributed by atoms with van der Waals surface area (Å²) in [5.74, 6) is 0.438. The normalized spacial score (nSPS) is 11.3. The van der Waals surface area contributed by atoms with Gasteiger partial charge in [-0.25, -0.2) is 9.50 Å². The fourth-order valence-corrected chi connectivity index (χ4v) is 4.63. The minimum atomic E-state index is 0.438. The Kier molecular flexibility index (Phi) is 5.65. The van der Waals surface area contributed by atoms with Crippen molar-refractivity contribution in [3.8, 4) is 22.4 Å². The highest BCUT2D eigenvalue weighted by Crippen LogP contribution is 2.35. The van der Waals surface area contributed by atoms with Gasteiger partial charge in [-0.05, 0) is 35.7 Å². The Labute approximate surface area is 214 Å². The zero-order valence-electron chi connectivity index (χ0n) is 20.6. The van der Waals surface area contributed by atoms with Gasteiger partial charge in [0, 0.05) is 35.0 Å². The smallest absolute Gasteiger partial charge is 0.152 e. The molecule has 0 fully saturated rings. The predicted octanol–water partition coefficient (Wildman–Crippen LogP) is 5.67. The average Bonchev–Trinajstić information content (AvgIpc) is 3.50. The van der Waals surface area contributed by atoms with Crippen molar-refractivity contribution < 1.29 is 0 Å². The number of hydrogen-bond donors (Lipinski definition) is 2. The van der Waals surface area contributed by atoms with Gasteiger partial charge in [0.15, 0.2) is 5.82 Å². The van der Waals surface area contributed by atoms with Crippen molar-refractivity contribution in [2.75, 3.05) is 5.73 Å². The Bertz CT molecular complexity index is 1730. The summed E-state index contributed by atoms with van der Waals surface area (Å²) in [5, 5.41) is 13.7. The molecule has 37 heavy (non-hydrogen) atoms. The molecule has 6 rings (SSSR count). The molecule has 3 heterocycles. The van der Waals surface area contributed by atoms with Crippen LogP contribution in [0.5, 0.6) is 0 Å². The topological polar surface area (TPSA) is 86.1 Å². The molecule has 0 bridgehead atoms. The van der Waals surface area contributed by atoms with E-state index in [1.807, 2.05) is 34.3 Å². The van der Waals surface area contributed by atoms with E-state index in [-0.39, 0.29) is 0 Å². The summed E-state index contributed by atoms with van der Waals surface area (Å²) in [6, 6.07) is 27.2. The highest BCUT2D eigenvalue weighted by Gasteiger charge is 2.17. The molecule has 0 amide bonds. The van der Waals surface area contributed by atoms with Crippen LogP contribution < -0.4 is 11.1 Å². The summed E-state index contributed by atoms with van der Waals surface area (Å²) in [5.41, 5.74) is 15.4. The summed E-state index contributed by atoms with van der Waals surface area (Å²) >= 11 is 0. The molecule has 0 aliphatic carbocycles. The first-order chi connectivity index (χ1) is 18.0. The lowest BCUT2D eigenvalue weighted by Crippen LogP contribution is -2.09. The third-order valence-corrected chi connectivity index (χ3v) is 6.48. The first-order valence-electron chi connectivity index (χ1n) is 12.2. The van der Waals surface area contributed by atoms with E-state index < -0.39 is 0 Å². The van der Waals surface area contributed by atoms with Gasteiger partial charge in [-0.3, -0.25) is 4.68 Å². The molecule has 3 N–H and O–H groups in total. The molecule has 0 aliphatic heterocycles. The molecule has 3 aromatic carbocycles. The van der Waals surface area contributed by atoms with Crippen LogP contribution in [0, 0.1) is 0 Å². The van der Waals surface area contributed by atoms with Crippen molar-refractivity contribution in [2.45, 2.75) is 20.0 Å². The monoisotopic (exact) mass is 485 g/mol. The minimum Gasteiger partial charge on any atom is -0.385 e. The van der Waals surface area contributed by atoms with E-state index in [1.165, 1.54) is 17.5 Å². The van der Waals surface area contributed by atoms with Gasteiger partial charge < -0.3 is 11.1 Å². The highest BCUT2D eigenvalue weighted by molar-refractivity contribution is 5.94. The molecule has 0 atom stereocenters. The maximum atomic E-state index is 6.37. The maximum Gasteiger partial charge on any atom is 0.152 e. The number of benzene rings is 3. The van der Waals surface area contributed by atoms with Crippen molar-refractivity contribution in [3.63, 3.8) is 0 Å². The van der Waals surface area contributed by atoms with Crippen LogP contribution in [-0.2, 0) is 13.1 Å². The van der Waals surface area contributed by atoms with Gasteiger partial charge in [-0.2, -0.15) is 10.2 Å². The summed E-state index contributed by atoms with van der Waals surface area (Å²) in [6.45, 7) is 7.32. The van der Waals surface area contributed by atoms with Crippen LogP contribution in [0.2, 0.25) is 0 Å². The Hall–Kier alpha value is -4.91. The van der Waals surface area contributed by atoms with Crippen LogP contribution in [0.25, 0.3) is 38.8 Å². The second kappa shape index (κ2) is 9.28. The fraction of sp³-hybridized carbons (Fsp3) is 0.100. The lowest BCUT2D eigenvalue weighted by atomic mass is 10.0. The lowest BCUT2D eigenvalue weighted by molar-refractivity contribution is 0.696. The number of nitrogens with one attached hydrogen (secondary N) is 1. The molecule has 0 saturated carbocycles. The van der Waals surface area contributed by atoms with E-state index >= 15 is 0 Å². The van der Waals surface area contributed by atoms with Crippen molar-refractivity contribution >= 4 is 22.2 Å². The third kappa shape index (κ3) is 4.43. The van der Waals surface area contributed by atoms with E-state index in [9.17, 15) is 0 Å². The maximum absolute atomic E-state index is 6.37. The standard InChI is InChI=1S/C30H27N7/c1-20(2)32-16-21-8-10-23(11-9-21)28-15-26(29-30(31)33-19-34-37(28)29)24-12-13-25-18-36(35-27(25)14-24)17-22-6-4-3-5-7-22/h3-15,18-19,32H,1,16-17H2,2H3,(H2,31,33,34). The number of nitrogen functional groups attached to an aromatic ring is 1. The van der Waals surface area contributed by atoms with Crippen LogP contribution in [-0.4, -0.2) is 24.4 Å². The Morgan fingerprint density at radius 2 is 1.73 bits per heavy atom. The molecule has 0 aliphatic rings. The van der Waals surface area contributed by atoms with Crippen LogP contribution in [0.4, 0.5) is 5.82 Å². The molecule has 7 nitrogen and oxygen atoms in total. The highest BCUT2D eigenvalue weighted by atomic mass is 15.3. The van der Waals surface area contributed by atoms with Gasteiger partial charge in [0.1, 0.15) is 11.8 Å². The Balaban J connectivity index is 1.39. The molecule has 0 radical (unpaired) electrons. The predicted molar refractivity (Wildman–Crippen MR) is 149 cm³/mol. The molecular formula is C30H27N7. The molecule has 182 valence electrons. The van der Waals surface area contributed by atoms with Crippen molar-refractivity contribution in [1.82, 2.24) is 29.7 Å². The molecular weight excluding hydrogens is 458 g/mol. The first kappa shape index (κ1) is 22.5. The number of nitrogens with two attached hydrogens (primary N) is 1. The minimum absolute atomic E-state index is 0.438. The number of aromatic nitrogens is 5. The SMILES string of the molecule is C=C(C)NCc1ccc(-c2cc(-c3ccc4cn(Cc5ccccc5)nc4c3)c3c(N)ncnn23)cc1. The van der Waals surface area contributed by atoms with Crippen LogP contribution in [0.3, 0.4) is 0 Å². The van der Waals surface area contributed by atoms with E-state index in [1.54, 1.807) is 0 Å². The van der Waals surface area contributed by atoms with E-state index in [0.717, 1.165) is 57.6 Å². The van der Waals surface area contributed by atoms with Gasteiger partial charge in [0.25, 0.3) is 0 Å². The van der Waals surface area contributed by atoms with E-state index in [4.69, 9.17) is 10.8 Å². The lowest BCUT2D eigenvalue weighted by Gasteiger charge is -2.07. The molecule has 6 aromatic rings. The van der Waals surface area contributed by atoms with Crippen LogP contribution in [0.15, 0.2) is 104 Å². The Morgan fingerprint density at radius 1 is 0.946 bits per heavy atom. The number of anilines is 1. The molecule has 0 saturated heterocycles. The summed E-state index contributed by atoms with van der Waals surface area (Å²) in [4.78, 5) is 4.28. The molecule has 3 aromatic heterocycles. The summed E-state index contributed by atoms with van der Waals surface area (Å²) < 4.78 is 3.85. The van der Waals surface area contributed by atoms with Gasteiger partial charge in [-0.15, -0.1) is 0 Å². The largest absolute Gasteiger partial charge is 0.385 e. The second-order valence-corrected chi connectivity index (χ2v) is 9.27. The number of allylic oxidation sites excluding steroid dienone is 1. The fourth-order valence-electron chi connectivity index (χ4n) is 4.63. The van der Waals surface area contributed by atoms with Gasteiger partial charge >= 0.3 is 0 Å². The van der Waals surface area contributed by atoms with Gasteiger partial charge in [0.05, 0.1) is 17.8 Å². The quantitative estimate of drug-likeness (QED) is 0.304. The van der Waals surface area contributed by atoms with Crippen LogP contribution >= 0.6 is 0 Å². The van der Waals surface area contributed by atoms with Gasteiger partial charge in [-0.1, -0.05) is 73.3 Å². The third-order valence-electron chi connectivity index (χ3n) is 6.48. The van der Waals surface area contributed by atoms with Crippen molar-refractivity contribution in [1.29, 1.82) is 0 Å². The van der Waals surface area contributed by atoms with Crippen LogP contribution in [0.1, 0.15) is 18.1 Å². The first-order valence-corrected chi connectivity index (χ1v) is 12.2. The van der Waals surface area contributed by atoms with E-state index in [2.05, 4.69) is 88.8 Å². The number of hydrogen-bond acceptors (Lipinski definition) is 5. The van der Waals surface area contributed by atoms with Gasteiger partial charge in [0.2, 0.25) is 0 Å². The zero-order valence-corrected chi connectivity index (χ0v) is 20.6. The molecule has 7 heteroatoms. The average molecular weight is 486 g/mol. The van der Waals surface area contributed by atoms with Crippen molar-refractivity contribution in [2.24, 2.45) is 0 Å². The molecule has 0 spiro atoms. The summed E-state index contributed by atoms with van der Waals surface area (Å²) in [7, 11) is 0. The van der Waals surface area contributed by atoms with Crippen molar-refractivity contribution in [3.05, 3.63) is 115 Å². The van der Waals surface area contributed by atoms with E-state index in [0.29, 0.717) is 5.82 Å². The number of rotatable bonds is 7. The Morgan fingerprint density at radius 3 is 2.51 bits per heavy atom. The zero-order chi connectivity index (χ0) is 25.4. The molecule has 0 unspecified atom stereocenters.